The summed E-state index contributed by atoms with van der Waals surface area (Å²) in [5.41, 5.74) is 0.532. The lowest BCUT2D eigenvalue weighted by Crippen LogP contribution is -2.39. The van der Waals surface area contributed by atoms with Crippen LogP contribution in [0.1, 0.15) is 29.6 Å². The third-order valence-electron chi connectivity index (χ3n) is 3.65. The molecule has 1 heterocycles. The summed E-state index contributed by atoms with van der Waals surface area (Å²) >= 11 is 0. The van der Waals surface area contributed by atoms with Gasteiger partial charge < -0.3 is 10.1 Å². The molecule has 0 aromatic heterocycles. The fraction of sp³-hybridized carbons (Fsp3) is 0.533. The first kappa shape index (κ1) is 16.8. The van der Waals surface area contributed by atoms with Gasteiger partial charge in [0.1, 0.15) is 5.75 Å². The minimum absolute atomic E-state index is 0.180. The number of amides is 1. The zero-order valence-electron chi connectivity index (χ0n) is 12.7. The molecule has 6 nitrogen and oxygen atoms in total. The Labute approximate surface area is 131 Å². The van der Waals surface area contributed by atoms with Crippen LogP contribution < -0.4 is 10.1 Å². The first-order valence-corrected chi connectivity index (χ1v) is 9.04. The van der Waals surface area contributed by atoms with Crippen LogP contribution in [0.15, 0.2) is 24.3 Å². The van der Waals surface area contributed by atoms with Crippen molar-refractivity contribution in [3.63, 3.8) is 0 Å². The van der Waals surface area contributed by atoms with E-state index < -0.39 is 10.0 Å². The minimum Gasteiger partial charge on any atom is -0.497 e. The average molecular weight is 326 g/mol. The monoisotopic (exact) mass is 326 g/mol. The van der Waals surface area contributed by atoms with Crippen LogP contribution in [0.5, 0.6) is 5.75 Å². The van der Waals surface area contributed by atoms with E-state index in [9.17, 15) is 13.2 Å². The summed E-state index contributed by atoms with van der Waals surface area (Å²) in [4.78, 5) is 12.0. The van der Waals surface area contributed by atoms with Crippen LogP contribution in [0, 0.1) is 0 Å². The van der Waals surface area contributed by atoms with Crippen LogP contribution in [-0.2, 0) is 10.0 Å². The van der Waals surface area contributed by atoms with Crippen LogP contribution in [0.3, 0.4) is 0 Å². The molecule has 122 valence electrons. The predicted molar refractivity (Wildman–Crippen MR) is 84.5 cm³/mol. The van der Waals surface area contributed by atoms with E-state index in [0.717, 1.165) is 12.8 Å². The fourth-order valence-corrected chi connectivity index (χ4v) is 4.06. The first-order valence-electron chi connectivity index (χ1n) is 7.43. The highest BCUT2D eigenvalue weighted by atomic mass is 32.2. The Hall–Kier alpha value is -1.60. The molecule has 0 radical (unpaired) electrons. The molecule has 0 atom stereocenters. The maximum atomic E-state index is 12.0. The van der Waals surface area contributed by atoms with E-state index in [1.165, 1.54) is 4.31 Å². The summed E-state index contributed by atoms with van der Waals surface area (Å²) in [7, 11) is -1.53. The lowest BCUT2D eigenvalue weighted by molar-refractivity contribution is 0.0952. The molecule has 1 N–H and O–H groups in total. The molecule has 0 unspecified atom stereocenters. The van der Waals surface area contributed by atoms with Gasteiger partial charge in [-0.1, -0.05) is 6.07 Å². The summed E-state index contributed by atoms with van der Waals surface area (Å²) in [5.74, 6) is 0.691. The number of rotatable bonds is 6. The highest BCUT2D eigenvalue weighted by Crippen LogP contribution is 2.14. The zero-order chi connectivity index (χ0) is 16.0. The maximum absolute atomic E-state index is 12.0. The third kappa shape index (κ3) is 4.45. The minimum atomic E-state index is -3.08. The van der Waals surface area contributed by atoms with Crippen molar-refractivity contribution in [1.29, 1.82) is 0 Å². The van der Waals surface area contributed by atoms with Crippen molar-refractivity contribution in [2.45, 2.75) is 19.3 Å². The Balaban J connectivity index is 1.77. The van der Waals surface area contributed by atoms with Gasteiger partial charge in [0.05, 0.1) is 12.9 Å². The molecule has 1 amide bonds. The lowest BCUT2D eigenvalue weighted by atomic mass is 10.2. The van der Waals surface area contributed by atoms with E-state index in [1.54, 1.807) is 31.4 Å². The summed E-state index contributed by atoms with van der Waals surface area (Å²) in [6.45, 7) is 1.49. The van der Waals surface area contributed by atoms with Crippen LogP contribution in [0.4, 0.5) is 0 Å². The molecule has 2 rings (SSSR count). The van der Waals surface area contributed by atoms with Gasteiger partial charge in [-0.15, -0.1) is 0 Å². The fourth-order valence-electron chi connectivity index (χ4n) is 2.42. The largest absolute Gasteiger partial charge is 0.497 e. The molecular weight excluding hydrogens is 304 g/mol. The van der Waals surface area contributed by atoms with E-state index in [4.69, 9.17) is 4.74 Å². The Bertz CT molecular complexity index is 616. The molecule has 1 fully saturated rings. The molecule has 7 heteroatoms. The lowest BCUT2D eigenvalue weighted by Gasteiger charge is -2.26. The zero-order valence-corrected chi connectivity index (χ0v) is 13.6. The quantitative estimate of drug-likeness (QED) is 0.798. The highest BCUT2D eigenvalue weighted by Gasteiger charge is 2.24. The second kappa shape index (κ2) is 7.60. The van der Waals surface area contributed by atoms with Crippen molar-refractivity contribution in [2.24, 2.45) is 0 Å². The number of nitrogens with zero attached hydrogens (tertiary/aromatic N) is 1. The van der Waals surface area contributed by atoms with Gasteiger partial charge in [-0.05, 0) is 37.5 Å². The smallest absolute Gasteiger partial charge is 0.251 e. The molecule has 0 bridgehead atoms. The standard InChI is InChI=1S/C15H22N2O4S/c1-21-14-7-4-6-13(12-14)15(18)16-8-5-10-17-9-2-3-11-22(17,19)20/h4,6-7,12H,2-3,5,8-11H2,1H3,(H,16,18). The number of carbonyl (C=O) groups is 1. The summed E-state index contributed by atoms with van der Waals surface area (Å²) in [5, 5.41) is 2.80. The molecule has 1 aromatic carbocycles. The predicted octanol–water partition coefficient (Wildman–Crippen LogP) is 1.24. The average Bonchev–Trinajstić information content (AvgIpc) is 2.52. The topological polar surface area (TPSA) is 75.7 Å². The molecule has 1 aliphatic heterocycles. The van der Waals surface area contributed by atoms with Crippen LogP contribution in [0.2, 0.25) is 0 Å². The van der Waals surface area contributed by atoms with E-state index >= 15 is 0 Å². The van der Waals surface area contributed by atoms with E-state index in [-0.39, 0.29) is 11.7 Å². The van der Waals surface area contributed by atoms with Crippen molar-refractivity contribution in [1.82, 2.24) is 9.62 Å². The van der Waals surface area contributed by atoms with Crippen molar-refractivity contribution in [3.05, 3.63) is 29.8 Å². The second-order valence-electron chi connectivity index (χ2n) is 5.26. The van der Waals surface area contributed by atoms with Gasteiger partial charge in [0.25, 0.3) is 5.91 Å². The van der Waals surface area contributed by atoms with E-state index in [2.05, 4.69) is 5.32 Å². The molecular formula is C15H22N2O4S. The normalized spacial score (nSPS) is 17.9. The number of carbonyl (C=O) groups excluding carboxylic acids is 1. The number of nitrogens with one attached hydrogen (secondary N) is 1. The second-order valence-corrected chi connectivity index (χ2v) is 7.35. The summed E-state index contributed by atoms with van der Waals surface area (Å²) in [6.07, 6.45) is 2.26. The highest BCUT2D eigenvalue weighted by molar-refractivity contribution is 7.89. The van der Waals surface area contributed by atoms with Crippen molar-refractivity contribution in [3.8, 4) is 5.75 Å². The first-order chi connectivity index (χ1) is 10.5. The Morgan fingerprint density at radius 3 is 2.91 bits per heavy atom. The number of ether oxygens (including phenoxy) is 1. The SMILES string of the molecule is COc1cccc(C(=O)NCCCN2CCCCS2(=O)=O)c1. The number of sulfonamides is 1. The van der Waals surface area contributed by atoms with Crippen LogP contribution >= 0.6 is 0 Å². The van der Waals surface area contributed by atoms with Gasteiger partial charge in [0.15, 0.2) is 0 Å². The number of hydrogen-bond donors (Lipinski definition) is 1. The molecule has 1 aliphatic rings. The van der Waals surface area contributed by atoms with Gasteiger partial charge >= 0.3 is 0 Å². The van der Waals surface area contributed by atoms with Crippen LogP contribution in [-0.4, -0.2) is 51.1 Å². The van der Waals surface area contributed by atoms with Crippen LogP contribution in [0.25, 0.3) is 0 Å². The number of benzene rings is 1. The van der Waals surface area contributed by atoms with Gasteiger partial charge in [0.2, 0.25) is 10.0 Å². The Kier molecular flexibility index (Phi) is 5.79. The Morgan fingerprint density at radius 2 is 2.18 bits per heavy atom. The maximum Gasteiger partial charge on any atom is 0.251 e. The van der Waals surface area contributed by atoms with Gasteiger partial charge in [0, 0.05) is 25.2 Å². The van der Waals surface area contributed by atoms with Gasteiger partial charge in [-0.3, -0.25) is 4.79 Å². The van der Waals surface area contributed by atoms with Crippen molar-refractivity contribution in [2.75, 3.05) is 32.5 Å². The summed E-state index contributed by atoms with van der Waals surface area (Å²) in [6, 6.07) is 6.92. The van der Waals surface area contributed by atoms with E-state index in [1.807, 2.05) is 0 Å². The molecule has 0 aliphatic carbocycles. The molecule has 22 heavy (non-hydrogen) atoms. The van der Waals surface area contributed by atoms with Crippen molar-refractivity contribution >= 4 is 15.9 Å². The Morgan fingerprint density at radius 1 is 1.36 bits per heavy atom. The molecule has 0 spiro atoms. The number of hydrogen-bond acceptors (Lipinski definition) is 4. The third-order valence-corrected chi connectivity index (χ3v) is 5.61. The van der Waals surface area contributed by atoms with Gasteiger partial charge in [-0.25, -0.2) is 12.7 Å². The molecule has 1 saturated heterocycles. The molecule has 1 aromatic rings. The molecule has 0 saturated carbocycles. The van der Waals surface area contributed by atoms with Gasteiger partial charge in [-0.2, -0.15) is 0 Å². The van der Waals surface area contributed by atoms with E-state index in [0.29, 0.717) is 37.4 Å². The van der Waals surface area contributed by atoms with Crippen molar-refractivity contribution < 1.29 is 17.9 Å². The summed E-state index contributed by atoms with van der Waals surface area (Å²) < 4.78 is 30.3. The number of methoxy groups -OCH3 is 1.